The third-order valence-corrected chi connectivity index (χ3v) is 10.8. The zero-order chi connectivity index (χ0) is 28.0. The number of aliphatic hydroxyl groups excluding tert-OH is 1. The fourth-order valence-electron chi connectivity index (χ4n) is 6.81. The monoisotopic (exact) mass is 563 g/mol. The summed E-state index contributed by atoms with van der Waals surface area (Å²) in [6, 6.07) is -1.20. The van der Waals surface area contributed by atoms with Crippen LogP contribution in [0.3, 0.4) is 0 Å². The molecule has 2 unspecified atom stereocenters. The molecule has 0 radical (unpaired) electrons. The summed E-state index contributed by atoms with van der Waals surface area (Å²) >= 11 is 1.64. The summed E-state index contributed by atoms with van der Waals surface area (Å²) in [6.45, 7) is 14.3. The molecular formula is C29H45N3O6S. The second-order valence-electron chi connectivity index (χ2n) is 11.0. The van der Waals surface area contributed by atoms with Crippen molar-refractivity contribution in [2.45, 2.75) is 67.5 Å². The summed E-state index contributed by atoms with van der Waals surface area (Å²) in [5.74, 6) is -1.80. The number of unbranched alkanes of at least 4 members (excludes halogenated alkanes) is 2. The minimum atomic E-state index is -0.725. The smallest absolute Gasteiger partial charge is 0.310 e. The van der Waals surface area contributed by atoms with Gasteiger partial charge < -0.3 is 24.4 Å². The first-order valence-electron chi connectivity index (χ1n) is 14.5. The van der Waals surface area contributed by atoms with Crippen molar-refractivity contribution in [3.05, 3.63) is 25.3 Å². The van der Waals surface area contributed by atoms with Crippen LogP contribution in [0.1, 0.15) is 45.4 Å². The Balaban J connectivity index is 1.58. The summed E-state index contributed by atoms with van der Waals surface area (Å²) in [4.78, 5) is 47.6. The van der Waals surface area contributed by atoms with Crippen molar-refractivity contribution in [2.75, 3.05) is 59.2 Å². The quantitative estimate of drug-likeness (QED) is 0.184. The molecule has 4 fully saturated rings. The molecule has 0 aromatic carbocycles. The van der Waals surface area contributed by atoms with Gasteiger partial charge in [-0.15, -0.1) is 24.9 Å². The average Bonchev–Trinajstić information content (AvgIpc) is 3.59. The SMILES string of the molecule is C=CCCCCOC(=O)[C@@H]1[C@@H]2CCC3(S2)C(C(=O)N(CC=C)CCN2CCOCC2)N([C@@H](CC)CO)C(=O)[C@H]13. The summed E-state index contributed by atoms with van der Waals surface area (Å²) < 4.78 is 10.5. The molecule has 4 aliphatic heterocycles. The number of thioether (sulfide) groups is 1. The van der Waals surface area contributed by atoms with Crippen LogP contribution in [-0.2, 0) is 23.9 Å². The number of ether oxygens (including phenoxy) is 2. The molecule has 4 rings (SSSR count). The Morgan fingerprint density at radius 3 is 2.72 bits per heavy atom. The average molecular weight is 564 g/mol. The van der Waals surface area contributed by atoms with Gasteiger partial charge in [0.25, 0.3) is 0 Å². The van der Waals surface area contributed by atoms with Crippen LogP contribution in [0, 0.1) is 11.8 Å². The predicted molar refractivity (Wildman–Crippen MR) is 151 cm³/mol. The molecule has 6 atom stereocenters. The number of allylic oxidation sites excluding steroid dienone is 1. The Morgan fingerprint density at radius 2 is 2.05 bits per heavy atom. The molecule has 10 heteroatoms. The van der Waals surface area contributed by atoms with E-state index in [-0.39, 0.29) is 29.6 Å². The largest absolute Gasteiger partial charge is 0.465 e. The fraction of sp³-hybridized carbons (Fsp3) is 0.759. The molecule has 9 nitrogen and oxygen atoms in total. The van der Waals surface area contributed by atoms with Crippen molar-refractivity contribution in [1.82, 2.24) is 14.7 Å². The summed E-state index contributed by atoms with van der Waals surface area (Å²) in [7, 11) is 0. The highest BCUT2D eigenvalue weighted by atomic mass is 32.2. The van der Waals surface area contributed by atoms with Crippen LogP contribution in [0.15, 0.2) is 25.3 Å². The fourth-order valence-corrected chi connectivity index (χ4v) is 9.00. The van der Waals surface area contributed by atoms with Crippen molar-refractivity contribution in [1.29, 1.82) is 0 Å². The Morgan fingerprint density at radius 1 is 1.28 bits per heavy atom. The highest BCUT2D eigenvalue weighted by Gasteiger charge is 2.74. The highest BCUT2D eigenvalue weighted by Crippen LogP contribution is 2.67. The Labute approximate surface area is 236 Å². The van der Waals surface area contributed by atoms with Crippen LogP contribution in [-0.4, -0.2) is 119 Å². The molecule has 2 amide bonds. The number of carbonyl (C=O) groups excluding carboxylic acids is 3. The van der Waals surface area contributed by atoms with Gasteiger partial charge in [-0.1, -0.05) is 19.1 Å². The van der Waals surface area contributed by atoms with Gasteiger partial charge in [-0.2, -0.15) is 0 Å². The van der Waals surface area contributed by atoms with Crippen LogP contribution in [0.5, 0.6) is 0 Å². The number of likely N-dealkylation sites (tertiary alicyclic amines) is 1. The summed E-state index contributed by atoms with van der Waals surface area (Å²) in [6.07, 6.45) is 8.09. The molecule has 4 aliphatic rings. The number of carbonyl (C=O) groups is 3. The van der Waals surface area contributed by atoms with Crippen LogP contribution in [0.25, 0.3) is 0 Å². The molecule has 0 aromatic rings. The van der Waals surface area contributed by atoms with E-state index in [1.54, 1.807) is 27.6 Å². The lowest BCUT2D eigenvalue weighted by Gasteiger charge is -2.40. The number of esters is 1. The van der Waals surface area contributed by atoms with Crippen molar-refractivity contribution in [2.24, 2.45) is 11.8 Å². The van der Waals surface area contributed by atoms with Crippen molar-refractivity contribution >= 4 is 29.5 Å². The standard InChI is InChI=1S/C29H45N3O6S/c1-4-7-8-9-17-38-28(36)23-22-10-11-29(39-22)24(23)26(34)32(21(6-3)20-33)25(29)27(35)31(12-5-2)14-13-30-15-18-37-19-16-30/h4-5,21-25,33H,1-2,6-20H2,3H3/t21-,22-,23+,24-,25?,29?/m0/s1. The van der Waals surface area contributed by atoms with Gasteiger partial charge in [0.05, 0.1) is 49.1 Å². The molecular weight excluding hydrogens is 518 g/mol. The third-order valence-electron chi connectivity index (χ3n) is 8.82. The molecule has 4 saturated heterocycles. The number of fused-ring (bicyclic) bond motifs is 1. The second-order valence-corrected chi connectivity index (χ2v) is 12.6. The van der Waals surface area contributed by atoms with Gasteiger partial charge in [0, 0.05) is 38.0 Å². The number of nitrogens with zero attached hydrogens (tertiary/aromatic N) is 3. The maximum atomic E-state index is 14.4. The van der Waals surface area contributed by atoms with Crippen LogP contribution in [0.4, 0.5) is 0 Å². The topological polar surface area (TPSA) is 99.6 Å². The van der Waals surface area contributed by atoms with E-state index in [0.717, 1.165) is 38.8 Å². The van der Waals surface area contributed by atoms with E-state index in [4.69, 9.17) is 9.47 Å². The Bertz CT molecular complexity index is 907. The van der Waals surface area contributed by atoms with Gasteiger partial charge in [0.1, 0.15) is 6.04 Å². The highest BCUT2D eigenvalue weighted by molar-refractivity contribution is 8.02. The number of hydrogen-bond donors (Lipinski definition) is 1. The van der Waals surface area contributed by atoms with E-state index in [9.17, 15) is 19.5 Å². The van der Waals surface area contributed by atoms with E-state index in [0.29, 0.717) is 52.3 Å². The van der Waals surface area contributed by atoms with Gasteiger partial charge in [0.2, 0.25) is 11.8 Å². The zero-order valence-corrected chi connectivity index (χ0v) is 24.1. The molecule has 39 heavy (non-hydrogen) atoms. The van der Waals surface area contributed by atoms with Crippen molar-refractivity contribution < 1.29 is 29.0 Å². The number of amides is 2. The van der Waals surface area contributed by atoms with E-state index >= 15 is 0 Å². The molecule has 4 heterocycles. The first kappa shape index (κ1) is 30.1. The maximum Gasteiger partial charge on any atom is 0.310 e. The van der Waals surface area contributed by atoms with Crippen LogP contribution < -0.4 is 0 Å². The van der Waals surface area contributed by atoms with Gasteiger partial charge in [-0.3, -0.25) is 19.3 Å². The van der Waals surface area contributed by atoms with Crippen LogP contribution >= 0.6 is 11.8 Å². The molecule has 2 bridgehead atoms. The molecule has 0 saturated carbocycles. The maximum absolute atomic E-state index is 14.4. The Hall–Kier alpha value is -1.88. The lowest BCUT2D eigenvalue weighted by molar-refractivity contribution is -0.154. The zero-order valence-electron chi connectivity index (χ0n) is 23.3. The number of hydrogen-bond acceptors (Lipinski definition) is 8. The minimum Gasteiger partial charge on any atom is -0.465 e. The Kier molecular flexibility index (Phi) is 10.5. The summed E-state index contributed by atoms with van der Waals surface area (Å²) in [5.41, 5.74) is 0. The second kappa shape index (κ2) is 13.7. The van der Waals surface area contributed by atoms with Gasteiger partial charge in [0.15, 0.2) is 0 Å². The third kappa shape index (κ3) is 5.94. The van der Waals surface area contributed by atoms with E-state index in [1.165, 1.54) is 0 Å². The summed E-state index contributed by atoms with van der Waals surface area (Å²) in [5, 5.41) is 10.2. The van der Waals surface area contributed by atoms with E-state index in [1.807, 2.05) is 13.0 Å². The lowest BCUT2D eigenvalue weighted by Crippen LogP contribution is -2.58. The minimum absolute atomic E-state index is 0.0347. The van der Waals surface area contributed by atoms with Gasteiger partial charge >= 0.3 is 5.97 Å². The lowest BCUT2D eigenvalue weighted by atomic mass is 9.71. The first-order valence-corrected chi connectivity index (χ1v) is 15.4. The normalized spacial score (nSPS) is 30.7. The predicted octanol–water partition coefficient (Wildman–Crippen LogP) is 2.09. The van der Waals surface area contributed by atoms with E-state index in [2.05, 4.69) is 18.1 Å². The number of morpholine rings is 1. The molecule has 0 aromatic heterocycles. The van der Waals surface area contributed by atoms with Gasteiger partial charge in [-0.25, -0.2) is 0 Å². The molecule has 1 N–H and O–H groups in total. The molecule has 0 aliphatic carbocycles. The van der Waals surface area contributed by atoms with E-state index < -0.39 is 28.7 Å². The number of aliphatic hydroxyl groups is 1. The first-order chi connectivity index (χ1) is 18.9. The van der Waals surface area contributed by atoms with Gasteiger partial charge in [-0.05, 0) is 38.5 Å². The van der Waals surface area contributed by atoms with Crippen LogP contribution in [0.2, 0.25) is 0 Å². The van der Waals surface area contributed by atoms with Crippen molar-refractivity contribution in [3.8, 4) is 0 Å². The number of rotatable bonds is 15. The van der Waals surface area contributed by atoms with Crippen molar-refractivity contribution in [3.63, 3.8) is 0 Å². The molecule has 1 spiro atoms. The molecule has 218 valence electrons.